The normalized spacial score (nSPS) is 10.4. The van der Waals surface area contributed by atoms with E-state index in [1.54, 1.807) is 6.07 Å². The Balaban J connectivity index is 2.11. The molecular weight excluding hydrogens is 288 g/mol. The molecule has 1 N–H and O–H groups in total. The van der Waals surface area contributed by atoms with Crippen LogP contribution in [0, 0.1) is 13.8 Å². The van der Waals surface area contributed by atoms with Crippen molar-refractivity contribution in [3.63, 3.8) is 0 Å². The van der Waals surface area contributed by atoms with Crippen molar-refractivity contribution in [2.24, 2.45) is 0 Å². The number of hydrogen-bond donors (Lipinski definition) is 1. The van der Waals surface area contributed by atoms with Crippen LogP contribution in [0.5, 0.6) is 0 Å². The van der Waals surface area contributed by atoms with E-state index in [0.717, 1.165) is 36.5 Å². The highest BCUT2D eigenvalue weighted by atomic mass is 16.1. The van der Waals surface area contributed by atoms with Crippen molar-refractivity contribution in [2.75, 3.05) is 23.8 Å². The number of unbranched alkanes of at least 4 members (excludes halogenated alkanes) is 1. The number of aryl methyl sites for hydroxylation is 2. The quantitative estimate of drug-likeness (QED) is 0.885. The SMILES string of the molecule is CCCCN(C)c1cc(C(=O)Nc2ccc(C)c(C)c2)ncn1. The first-order valence-electron chi connectivity index (χ1n) is 7.93. The van der Waals surface area contributed by atoms with Gasteiger partial charge in [0, 0.05) is 25.3 Å². The Morgan fingerprint density at radius 2 is 1.96 bits per heavy atom. The highest BCUT2D eigenvalue weighted by molar-refractivity contribution is 6.03. The number of nitrogens with zero attached hydrogens (tertiary/aromatic N) is 3. The Morgan fingerprint density at radius 3 is 2.65 bits per heavy atom. The second kappa shape index (κ2) is 7.72. The molecule has 0 aliphatic rings. The van der Waals surface area contributed by atoms with Crippen molar-refractivity contribution in [3.05, 3.63) is 47.4 Å². The van der Waals surface area contributed by atoms with Gasteiger partial charge in [-0.15, -0.1) is 0 Å². The number of rotatable bonds is 6. The second-order valence-corrected chi connectivity index (χ2v) is 5.79. The summed E-state index contributed by atoms with van der Waals surface area (Å²) in [6.07, 6.45) is 3.65. The molecule has 0 bridgehead atoms. The first-order chi connectivity index (χ1) is 11.0. The summed E-state index contributed by atoms with van der Waals surface area (Å²) in [5, 5.41) is 2.89. The van der Waals surface area contributed by atoms with E-state index >= 15 is 0 Å². The van der Waals surface area contributed by atoms with Gasteiger partial charge in [-0.2, -0.15) is 0 Å². The zero-order chi connectivity index (χ0) is 16.8. The number of carbonyl (C=O) groups is 1. The van der Waals surface area contributed by atoms with Gasteiger partial charge in [0.1, 0.15) is 17.8 Å². The molecule has 0 saturated carbocycles. The third-order valence-corrected chi connectivity index (χ3v) is 3.89. The van der Waals surface area contributed by atoms with Gasteiger partial charge in [0.05, 0.1) is 0 Å². The van der Waals surface area contributed by atoms with E-state index in [-0.39, 0.29) is 5.91 Å². The van der Waals surface area contributed by atoms with Crippen LogP contribution in [-0.2, 0) is 0 Å². The summed E-state index contributed by atoms with van der Waals surface area (Å²) in [4.78, 5) is 22.7. The summed E-state index contributed by atoms with van der Waals surface area (Å²) in [7, 11) is 1.98. The van der Waals surface area contributed by atoms with Gasteiger partial charge in [0.2, 0.25) is 0 Å². The summed E-state index contributed by atoms with van der Waals surface area (Å²) in [6.45, 7) is 7.13. The van der Waals surface area contributed by atoms with E-state index in [9.17, 15) is 4.79 Å². The molecule has 0 aliphatic heterocycles. The topological polar surface area (TPSA) is 58.1 Å². The van der Waals surface area contributed by atoms with Crippen LogP contribution in [-0.4, -0.2) is 29.5 Å². The molecule has 1 aromatic carbocycles. The largest absolute Gasteiger partial charge is 0.360 e. The molecule has 5 heteroatoms. The standard InChI is InChI=1S/C18H24N4O/c1-5-6-9-22(4)17-11-16(19-12-20-17)18(23)21-15-8-7-13(2)14(3)10-15/h7-8,10-12H,5-6,9H2,1-4H3,(H,21,23). The van der Waals surface area contributed by atoms with Crippen LogP contribution in [0.15, 0.2) is 30.6 Å². The minimum Gasteiger partial charge on any atom is -0.360 e. The van der Waals surface area contributed by atoms with Gasteiger partial charge >= 0.3 is 0 Å². The third-order valence-electron chi connectivity index (χ3n) is 3.89. The van der Waals surface area contributed by atoms with Crippen molar-refractivity contribution in [1.29, 1.82) is 0 Å². The van der Waals surface area contributed by atoms with Crippen LogP contribution in [0.3, 0.4) is 0 Å². The number of anilines is 2. The van der Waals surface area contributed by atoms with Crippen molar-refractivity contribution in [3.8, 4) is 0 Å². The maximum Gasteiger partial charge on any atom is 0.274 e. The minimum absolute atomic E-state index is 0.221. The Kier molecular flexibility index (Phi) is 5.68. The Bertz CT molecular complexity index is 684. The fraction of sp³-hybridized carbons (Fsp3) is 0.389. The highest BCUT2D eigenvalue weighted by Gasteiger charge is 2.11. The molecule has 0 fully saturated rings. The summed E-state index contributed by atoms with van der Waals surface area (Å²) in [5.41, 5.74) is 3.49. The Morgan fingerprint density at radius 1 is 1.17 bits per heavy atom. The molecule has 0 saturated heterocycles. The van der Waals surface area contributed by atoms with Gasteiger partial charge in [-0.25, -0.2) is 9.97 Å². The average Bonchev–Trinajstić information content (AvgIpc) is 2.56. The van der Waals surface area contributed by atoms with E-state index < -0.39 is 0 Å². The number of hydrogen-bond acceptors (Lipinski definition) is 4. The van der Waals surface area contributed by atoms with E-state index in [0.29, 0.717) is 5.69 Å². The zero-order valence-corrected chi connectivity index (χ0v) is 14.3. The number of nitrogens with one attached hydrogen (secondary N) is 1. The van der Waals surface area contributed by atoms with Gasteiger partial charge in [0.25, 0.3) is 5.91 Å². The maximum absolute atomic E-state index is 12.4. The molecule has 2 rings (SSSR count). The lowest BCUT2D eigenvalue weighted by molar-refractivity contribution is 0.102. The van der Waals surface area contributed by atoms with Crippen molar-refractivity contribution >= 4 is 17.4 Å². The lowest BCUT2D eigenvalue weighted by atomic mass is 10.1. The van der Waals surface area contributed by atoms with E-state index in [2.05, 4.69) is 22.2 Å². The zero-order valence-electron chi connectivity index (χ0n) is 14.3. The molecule has 0 aliphatic carbocycles. The fourth-order valence-electron chi connectivity index (χ4n) is 2.20. The van der Waals surface area contributed by atoms with Gasteiger partial charge in [-0.05, 0) is 43.5 Å². The van der Waals surface area contributed by atoms with Crippen molar-refractivity contribution < 1.29 is 4.79 Å². The monoisotopic (exact) mass is 312 g/mol. The molecule has 1 heterocycles. The fourth-order valence-corrected chi connectivity index (χ4v) is 2.20. The van der Waals surface area contributed by atoms with Gasteiger partial charge < -0.3 is 10.2 Å². The summed E-state index contributed by atoms with van der Waals surface area (Å²) in [5.74, 6) is 0.541. The Hall–Kier alpha value is -2.43. The molecule has 0 radical (unpaired) electrons. The first kappa shape index (κ1) is 16.9. The van der Waals surface area contributed by atoms with Crippen LogP contribution < -0.4 is 10.2 Å². The molecule has 0 spiro atoms. The molecule has 5 nitrogen and oxygen atoms in total. The van der Waals surface area contributed by atoms with Gasteiger partial charge in [-0.1, -0.05) is 19.4 Å². The molecule has 0 unspecified atom stereocenters. The highest BCUT2D eigenvalue weighted by Crippen LogP contribution is 2.16. The van der Waals surface area contributed by atoms with Crippen LogP contribution in [0.2, 0.25) is 0 Å². The van der Waals surface area contributed by atoms with E-state index in [4.69, 9.17) is 0 Å². The molecular formula is C18H24N4O. The summed E-state index contributed by atoms with van der Waals surface area (Å²) >= 11 is 0. The van der Waals surface area contributed by atoms with Gasteiger partial charge in [0.15, 0.2) is 0 Å². The number of amides is 1. The molecule has 0 atom stereocenters. The first-order valence-corrected chi connectivity index (χ1v) is 7.93. The summed E-state index contributed by atoms with van der Waals surface area (Å²) in [6, 6.07) is 7.58. The number of aromatic nitrogens is 2. The molecule has 23 heavy (non-hydrogen) atoms. The minimum atomic E-state index is -0.221. The Labute approximate surface area is 137 Å². The van der Waals surface area contributed by atoms with Crippen LogP contribution >= 0.6 is 0 Å². The maximum atomic E-state index is 12.4. The van der Waals surface area contributed by atoms with E-state index in [1.807, 2.05) is 44.0 Å². The van der Waals surface area contributed by atoms with E-state index in [1.165, 1.54) is 11.9 Å². The van der Waals surface area contributed by atoms with Crippen LogP contribution in [0.4, 0.5) is 11.5 Å². The predicted molar refractivity (Wildman–Crippen MR) is 94.1 cm³/mol. The summed E-state index contributed by atoms with van der Waals surface area (Å²) < 4.78 is 0. The smallest absolute Gasteiger partial charge is 0.274 e. The molecule has 1 aromatic heterocycles. The number of benzene rings is 1. The lowest BCUT2D eigenvalue weighted by Gasteiger charge is -2.17. The average molecular weight is 312 g/mol. The molecule has 122 valence electrons. The van der Waals surface area contributed by atoms with Crippen LogP contribution in [0.25, 0.3) is 0 Å². The van der Waals surface area contributed by atoms with Gasteiger partial charge in [-0.3, -0.25) is 4.79 Å². The third kappa shape index (κ3) is 4.52. The number of carbonyl (C=O) groups excluding carboxylic acids is 1. The second-order valence-electron chi connectivity index (χ2n) is 5.79. The van der Waals surface area contributed by atoms with Crippen molar-refractivity contribution in [2.45, 2.75) is 33.6 Å². The molecule has 1 amide bonds. The lowest BCUT2D eigenvalue weighted by Crippen LogP contribution is -2.21. The molecule has 2 aromatic rings. The van der Waals surface area contributed by atoms with Crippen LogP contribution in [0.1, 0.15) is 41.4 Å². The van der Waals surface area contributed by atoms with Crippen molar-refractivity contribution in [1.82, 2.24) is 9.97 Å². The predicted octanol–water partition coefficient (Wildman–Crippen LogP) is 3.58.